The second-order valence-corrected chi connectivity index (χ2v) is 8.99. The number of methoxy groups -OCH3 is 1. The minimum absolute atomic E-state index is 0.0363. The number of aryl methyl sites for hydroxylation is 1. The Morgan fingerprint density at radius 2 is 2.00 bits per heavy atom. The highest BCUT2D eigenvalue weighted by molar-refractivity contribution is 8.18. The summed E-state index contributed by atoms with van der Waals surface area (Å²) in [5, 5.41) is 14.8. The molecule has 4 rings (SSSR count). The number of amidine groups is 1. The summed E-state index contributed by atoms with van der Waals surface area (Å²) < 4.78 is 11.3. The van der Waals surface area contributed by atoms with E-state index in [0.29, 0.717) is 37.8 Å². The molecule has 1 amide bonds. The number of hydrogen-bond donors (Lipinski definition) is 1. The van der Waals surface area contributed by atoms with Crippen molar-refractivity contribution in [3.8, 4) is 11.5 Å². The molecule has 1 heterocycles. The highest BCUT2D eigenvalue weighted by Crippen LogP contribution is 2.31. The van der Waals surface area contributed by atoms with Gasteiger partial charge in [-0.15, -0.1) is 0 Å². The number of halogens is 1. The van der Waals surface area contributed by atoms with Crippen molar-refractivity contribution in [1.82, 2.24) is 5.32 Å². The van der Waals surface area contributed by atoms with Gasteiger partial charge in [0.15, 0.2) is 5.17 Å². The molecule has 10 heteroatoms. The second-order valence-electron chi connectivity index (χ2n) is 7.53. The average molecular weight is 510 g/mol. The number of rotatable bonds is 7. The SMILES string of the molecule is COc1ccc(/C=C2/SC(=Nc3cccc(Cl)c3)NC2=O)cc1COc1ccc([N+](=O)[O-])c(C)c1. The van der Waals surface area contributed by atoms with Crippen LogP contribution < -0.4 is 14.8 Å². The molecule has 0 aliphatic carbocycles. The predicted molar refractivity (Wildman–Crippen MR) is 137 cm³/mol. The van der Waals surface area contributed by atoms with Crippen LogP contribution >= 0.6 is 23.4 Å². The maximum absolute atomic E-state index is 12.5. The van der Waals surface area contributed by atoms with E-state index >= 15 is 0 Å². The molecule has 3 aromatic carbocycles. The van der Waals surface area contributed by atoms with Gasteiger partial charge in [-0.05, 0) is 72.8 Å². The number of thioether (sulfide) groups is 1. The van der Waals surface area contributed by atoms with Crippen LogP contribution in [-0.2, 0) is 11.4 Å². The maximum Gasteiger partial charge on any atom is 0.272 e. The summed E-state index contributed by atoms with van der Waals surface area (Å²) in [6.07, 6.45) is 1.76. The third kappa shape index (κ3) is 6.00. The van der Waals surface area contributed by atoms with E-state index in [1.165, 1.54) is 17.8 Å². The molecule has 3 aromatic rings. The van der Waals surface area contributed by atoms with E-state index in [4.69, 9.17) is 21.1 Å². The number of carbonyl (C=O) groups is 1. The first-order chi connectivity index (χ1) is 16.8. The van der Waals surface area contributed by atoms with Crippen LogP contribution in [-0.4, -0.2) is 23.1 Å². The Morgan fingerprint density at radius 3 is 2.71 bits per heavy atom. The van der Waals surface area contributed by atoms with E-state index < -0.39 is 4.92 Å². The third-order valence-electron chi connectivity index (χ3n) is 5.05. The van der Waals surface area contributed by atoms with Gasteiger partial charge in [0.05, 0.1) is 22.6 Å². The summed E-state index contributed by atoms with van der Waals surface area (Å²) in [5.74, 6) is 0.884. The van der Waals surface area contributed by atoms with Crippen molar-refractivity contribution in [2.75, 3.05) is 7.11 Å². The van der Waals surface area contributed by atoms with Crippen molar-refractivity contribution < 1.29 is 19.2 Å². The van der Waals surface area contributed by atoms with E-state index in [1.807, 2.05) is 12.1 Å². The van der Waals surface area contributed by atoms with Crippen molar-refractivity contribution in [3.05, 3.63) is 97.4 Å². The minimum atomic E-state index is -0.429. The van der Waals surface area contributed by atoms with Gasteiger partial charge in [-0.3, -0.25) is 14.9 Å². The highest BCUT2D eigenvalue weighted by atomic mass is 35.5. The smallest absolute Gasteiger partial charge is 0.272 e. The van der Waals surface area contributed by atoms with Crippen molar-refractivity contribution >= 4 is 51.9 Å². The van der Waals surface area contributed by atoms with Crippen LogP contribution in [0.1, 0.15) is 16.7 Å². The summed E-state index contributed by atoms with van der Waals surface area (Å²) in [5.41, 5.74) is 2.73. The summed E-state index contributed by atoms with van der Waals surface area (Å²) in [7, 11) is 1.56. The molecule has 0 radical (unpaired) electrons. The molecule has 1 saturated heterocycles. The van der Waals surface area contributed by atoms with Gasteiger partial charge in [-0.2, -0.15) is 0 Å². The fourth-order valence-corrected chi connectivity index (χ4v) is 4.41. The molecule has 1 N–H and O–H groups in total. The van der Waals surface area contributed by atoms with Crippen LogP contribution in [0.25, 0.3) is 6.08 Å². The first kappa shape index (κ1) is 24.3. The van der Waals surface area contributed by atoms with Crippen molar-refractivity contribution in [2.45, 2.75) is 13.5 Å². The Hall–Kier alpha value is -3.82. The number of aliphatic imine (C=N–C) groups is 1. The molecule has 35 heavy (non-hydrogen) atoms. The van der Waals surface area contributed by atoms with Crippen LogP contribution in [0.15, 0.2) is 70.6 Å². The van der Waals surface area contributed by atoms with Gasteiger partial charge < -0.3 is 14.8 Å². The van der Waals surface area contributed by atoms with Crippen molar-refractivity contribution in [1.29, 1.82) is 0 Å². The quantitative estimate of drug-likeness (QED) is 0.237. The Morgan fingerprint density at radius 1 is 1.17 bits per heavy atom. The molecule has 0 aromatic heterocycles. The molecule has 0 unspecified atom stereocenters. The minimum Gasteiger partial charge on any atom is -0.496 e. The number of nitrogens with one attached hydrogen (secondary N) is 1. The van der Waals surface area contributed by atoms with Gasteiger partial charge in [0, 0.05) is 22.2 Å². The Labute approximate surface area is 210 Å². The van der Waals surface area contributed by atoms with Crippen LogP contribution in [0.4, 0.5) is 11.4 Å². The highest BCUT2D eigenvalue weighted by Gasteiger charge is 2.24. The summed E-state index contributed by atoms with van der Waals surface area (Å²) >= 11 is 7.24. The largest absolute Gasteiger partial charge is 0.496 e. The standard InChI is InChI=1S/C25H20ClN3O5S/c1-15-10-20(7-8-21(15)29(31)32)34-14-17-11-16(6-9-22(17)33-2)12-23-24(30)28-25(35-23)27-19-5-3-4-18(26)13-19/h3-13H,14H2,1-2H3,(H,27,28,30)/b23-12+. The van der Waals surface area contributed by atoms with Gasteiger partial charge in [0.1, 0.15) is 18.1 Å². The molecule has 1 aliphatic heterocycles. The van der Waals surface area contributed by atoms with E-state index in [-0.39, 0.29) is 18.2 Å². The Bertz CT molecular complexity index is 1370. The number of carbonyl (C=O) groups excluding carboxylic acids is 1. The van der Waals surface area contributed by atoms with Gasteiger partial charge in [0.25, 0.3) is 11.6 Å². The van der Waals surface area contributed by atoms with E-state index in [1.54, 1.807) is 62.6 Å². The van der Waals surface area contributed by atoms with E-state index in [2.05, 4.69) is 10.3 Å². The van der Waals surface area contributed by atoms with Gasteiger partial charge >= 0.3 is 0 Å². The lowest BCUT2D eigenvalue weighted by Gasteiger charge is -2.12. The Balaban J connectivity index is 1.52. The van der Waals surface area contributed by atoms with Crippen LogP contribution in [0.2, 0.25) is 5.02 Å². The Kier molecular flexibility index (Phi) is 7.38. The zero-order valence-electron chi connectivity index (χ0n) is 18.8. The zero-order valence-corrected chi connectivity index (χ0v) is 20.4. The van der Waals surface area contributed by atoms with Crippen LogP contribution in [0.3, 0.4) is 0 Å². The number of ether oxygens (including phenoxy) is 2. The van der Waals surface area contributed by atoms with Gasteiger partial charge in [-0.1, -0.05) is 23.7 Å². The molecule has 0 bridgehead atoms. The topological polar surface area (TPSA) is 103 Å². The number of benzene rings is 3. The lowest BCUT2D eigenvalue weighted by molar-refractivity contribution is -0.385. The zero-order chi connectivity index (χ0) is 24.9. The normalized spacial score (nSPS) is 15.3. The molecular weight excluding hydrogens is 490 g/mol. The summed E-state index contributed by atoms with van der Waals surface area (Å²) in [6, 6.07) is 17.2. The predicted octanol–water partition coefficient (Wildman–Crippen LogP) is 6.04. The van der Waals surface area contributed by atoms with E-state index in [0.717, 1.165) is 11.1 Å². The van der Waals surface area contributed by atoms with Gasteiger partial charge in [0.2, 0.25) is 0 Å². The van der Waals surface area contributed by atoms with Gasteiger partial charge in [-0.25, -0.2) is 4.99 Å². The van der Waals surface area contributed by atoms with Crippen molar-refractivity contribution in [3.63, 3.8) is 0 Å². The fraction of sp³-hybridized carbons (Fsp3) is 0.120. The summed E-state index contributed by atoms with van der Waals surface area (Å²) in [6.45, 7) is 1.84. The lowest BCUT2D eigenvalue weighted by atomic mass is 10.1. The molecule has 1 aliphatic rings. The molecule has 0 atom stereocenters. The first-order valence-electron chi connectivity index (χ1n) is 10.4. The first-order valence-corrected chi connectivity index (χ1v) is 11.6. The summed E-state index contributed by atoms with van der Waals surface area (Å²) in [4.78, 5) is 28.0. The van der Waals surface area contributed by atoms with E-state index in [9.17, 15) is 14.9 Å². The fourth-order valence-electron chi connectivity index (χ4n) is 3.38. The number of nitro groups is 1. The molecule has 0 spiro atoms. The number of nitrogens with zero attached hydrogens (tertiary/aromatic N) is 2. The third-order valence-corrected chi connectivity index (χ3v) is 6.20. The lowest BCUT2D eigenvalue weighted by Crippen LogP contribution is -2.19. The number of amides is 1. The molecular formula is C25H20ClN3O5S. The van der Waals surface area contributed by atoms with Crippen molar-refractivity contribution in [2.24, 2.45) is 4.99 Å². The van der Waals surface area contributed by atoms with Crippen LogP contribution in [0.5, 0.6) is 11.5 Å². The maximum atomic E-state index is 12.5. The average Bonchev–Trinajstić information content (AvgIpc) is 3.15. The second kappa shape index (κ2) is 10.6. The van der Waals surface area contributed by atoms with Crippen LogP contribution in [0, 0.1) is 17.0 Å². The molecule has 178 valence electrons. The molecule has 1 fully saturated rings. The number of hydrogen-bond acceptors (Lipinski definition) is 7. The number of nitro benzene ring substituents is 1. The monoisotopic (exact) mass is 509 g/mol. The molecule has 8 nitrogen and oxygen atoms in total. The molecule has 0 saturated carbocycles.